The zero-order valence-electron chi connectivity index (χ0n) is 13.1. The van der Waals surface area contributed by atoms with Crippen molar-refractivity contribution < 1.29 is 18.7 Å². The average molecular weight is 309 g/mol. The second-order valence-electron chi connectivity index (χ2n) is 5.85. The number of ether oxygens (including phenoxy) is 1. The number of rotatable bonds is 6. The van der Waals surface area contributed by atoms with Crippen LogP contribution >= 0.6 is 0 Å². The zero-order chi connectivity index (χ0) is 16.0. The standard InChI is InChI=1S/C15H23N3O4/c1-15(2,18-5-8-21-9-6-18)11-17-13(19)10-16-14(20)12-4-3-7-22-12/h3-4,7H,5-6,8-11H2,1-2H3,(H,16,20)(H,17,19). The fourth-order valence-corrected chi connectivity index (χ4v) is 2.31. The van der Waals surface area contributed by atoms with Gasteiger partial charge in [0, 0.05) is 25.2 Å². The van der Waals surface area contributed by atoms with Gasteiger partial charge in [-0.25, -0.2) is 0 Å². The van der Waals surface area contributed by atoms with Gasteiger partial charge in [-0.05, 0) is 26.0 Å². The van der Waals surface area contributed by atoms with E-state index in [0.29, 0.717) is 6.54 Å². The molecule has 1 aromatic rings. The smallest absolute Gasteiger partial charge is 0.287 e. The first-order valence-corrected chi connectivity index (χ1v) is 7.40. The molecule has 1 aromatic heterocycles. The van der Waals surface area contributed by atoms with E-state index in [2.05, 4.69) is 29.4 Å². The van der Waals surface area contributed by atoms with Gasteiger partial charge in [0.05, 0.1) is 26.0 Å². The van der Waals surface area contributed by atoms with Gasteiger partial charge >= 0.3 is 0 Å². The number of morpholine rings is 1. The summed E-state index contributed by atoms with van der Waals surface area (Å²) in [4.78, 5) is 25.8. The lowest BCUT2D eigenvalue weighted by Gasteiger charge is -2.40. The van der Waals surface area contributed by atoms with Gasteiger partial charge in [-0.15, -0.1) is 0 Å². The third-order valence-electron chi connectivity index (χ3n) is 3.74. The fraction of sp³-hybridized carbons (Fsp3) is 0.600. The summed E-state index contributed by atoms with van der Waals surface area (Å²) >= 11 is 0. The molecule has 1 aliphatic heterocycles. The lowest BCUT2D eigenvalue weighted by molar-refractivity contribution is -0.120. The van der Waals surface area contributed by atoms with Gasteiger partial charge in [-0.2, -0.15) is 0 Å². The quantitative estimate of drug-likeness (QED) is 0.786. The zero-order valence-corrected chi connectivity index (χ0v) is 13.1. The van der Waals surface area contributed by atoms with Crippen LogP contribution in [-0.4, -0.2) is 61.6 Å². The van der Waals surface area contributed by atoms with Gasteiger partial charge in [-0.3, -0.25) is 14.5 Å². The lowest BCUT2D eigenvalue weighted by Crippen LogP contribution is -2.56. The average Bonchev–Trinajstić information content (AvgIpc) is 3.06. The molecular weight excluding hydrogens is 286 g/mol. The van der Waals surface area contributed by atoms with Crippen molar-refractivity contribution in [1.29, 1.82) is 0 Å². The topological polar surface area (TPSA) is 83.8 Å². The molecule has 7 nitrogen and oxygen atoms in total. The first-order chi connectivity index (χ1) is 10.5. The lowest BCUT2D eigenvalue weighted by atomic mass is 10.0. The summed E-state index contributed by atoms with van der Waals surface area (Å²) in [5, 5.41) is 5.38. The SMILES string of the molecule is CC(C)(CNC(=O)CNC(=O)c1ccco1)N1CCOCC1. The van der Waals surface area contributed by atoms with Gasteiger partial charge in [0.2, 0.25) is 5.91 Å². The molecule has 1 aliphatic rings. The number of amides is 2. The van der Waals surface area contributed by atoms with E-state index in [1.165, 1.54) is 6.26 Å². The van der Waals surface area contributed by atoms with Crippen LogP contribution in [0.2, 0.25) is 0 Å². The van der Waals surface area contributed by atoms with Crippen LogP contribution in [0.15, 0.2) is 22.8 Å². The second kappa shape index (κ2) is 7.42. The van der Waals surface area contributed by atoms with Crippen molar-refractivity contribution in [3.63, 3.8) is 0 Å². The molecule has 0 aromatic carbocycles. The maximum absolute atomic E-state index is 11.8. The monoisotopic (exact) mass is 309 g/mol. The van der Waals surface area contributed by atoms with Gasteiger partial charge in [0.25, 0.3) is 5.91 Å². The summed E-state index contributed by atoms with van der Waals surface area (Å²) in [6.45, 7) is 7.77. The highest BCUT2D eigenvalue weighted by Crippen LogP contribution is 2.14. The number of carbonyl (C=O) groups is 2. The molecule has 2 rings (SSSR count). The Morgan fingerprint density at radius 3 is 2.64 bits per heavy atom. The van der Waals surface area contributed by atoms with Crippen LogP contribution in [0.1, 0.15) is 24.4 Å². The van der Waals surface area contributed by atoms with Gasteiger partial charge in [-0.1, -0.05) is 0 Å². The summed E-state index contributed by atoms with van der Waals surface area (Å²) in [6, 6.07) is 3.18. The molecule has 0 saturated carbocycles. The fourth-order valence-electron chi connectivity index (χ4n) is 2.31. The van der Waals surface area contributed by atoms with Crippen molar-refractivity contribution in [3.05, 3.63) is 24.2 Å². The van der Waals surface area contributed by atoms with Crippen LogP contribution < -0.4 is 10.6 Å². The Hall–Kier alpha value is -1.86. The van der Waals surface area contributed by atoms with E-state index >= 15 is 0 Å². The maximum Gasteiger partial charge on any atom is 0.287 e. The van der Waals surface area contributed by atoms with Crippen molar-refractivity contribution in [2.75, 3.05) is 39.4 Å². The minimum absolute atomic E-state index is 0.0707. The number of furan rings is 1. The molecule has 7 heteroatoms. The van der Waals surface area contributed by atoms with Crippen molar-refractivity contribution >= 4 is 11.8 Å². The molecule has 0 radical (unpaired) electrons. The number of hydrogen-bond acceptors (Lipinski definition) is 5. The normalized spacial score (nSPS) is 16.3. The van der Waals surface area contributed by atoms with Gasteiger partial charge < -0.3 is 19.8 Å². The van der Waals surface area contributed by atoms with E-state index < -0.39 is 5.91 Å². The molecule has 2 amide bonds. The molecule has 1 fully saturated rings. The van der Waals surface area contributed by atoms with Crippen molar-refractivity contribution in [3.8, 4) is 0 Å². The maximum atomic E-state index is 11.8. The van der Waals surface area contributed by atoms with E-state index in [1.807, 2.05) is 0 Å². The number of nitrogens with zero attached hydrogens (tertiary/aromatic N) is 1. The highest BCUT2D eigenvalue weighted by molar-refractivity contribution is 5.94. The van der Waals surface area contributed by atoms with Crippen LogP contribution in [0.25, 0.3) is 0 Å². The highest BCUT2D eigenvalue weighted by Gasteiger charge is 2.28. The molecule has 2 heterocycles. The van der Waals surface area contributed by atoms with E-state index in [1.54, 1.807) is 12.1 Å². The Balaban J connectivity index is 1.71. The van der Waals surface area contributed by atoms with Gasteiger partial charge in [0.1, 0.15) is 0 Å². The summed E-state index contributed by atoms with van der Waals surface area (Å²) in [5.41, 5.74) is -0.148. The molecule has 0 unspecified atom stereocenters. The third-order valence-corrected chi connectivity index (χ3v) is 3.74. The van der Waals surface area contributed by atoms with E-state index in [9.17, 15) is 9.59 Å². The summed E-state index contributed by atoms with van der Waals surface area (Å²) in [7, 11) is 0. The Kier molecular flexibility index (Phi) is 5.57. The Morgan fingerprint density at radius 2 is 2.00 bits per heavy atom. The molecule has 1 saturated heterocycles. The minimum atomic E-state index is -0.396. The first kappa shape index (κ1) is 16.5. The third kappa shape index (κ3) is 4.57. The van der Waals surface area contributed by atoms with Crippen LogP contribution in [0.4, 0.5) is 0 Å². The minimum Gasteiger partial charge on any atom is -0.459 e. The molecule has 0 atom stereocenters. The van der Waals surface area contributed by atoms with E-state index in [-0.39, 0.29) is 23.8 Å². The Labute approximate surface area is 130 Å². The summed E-state index contributed by atoms with van der Waals surface area (Å²) in [5.74, 6) is -0.421. The summed E-state index contributed by atoms with van der Waals surface area (Å²) < 4.78 is 10.3. The van der Waals surface area contributed by atoms with Crippen LogP contribution in [0.5, 0.6) is 0 Å². The summed E-state index contributed by atoms with van der Waals surface area (Å²) in [6.07, 6.45) is 1.42. The molecule has 0 aliphatic carbocycles. The van der Waals surface area contributed by atoms with E-state index in [4.69, 9.17) is 9.15 Å². The molecular formula is C15H23N3O4. The molecule has 22 heavy (non-hydrogen) atoms. The Morgan fingerprint density at radius 1 is 1.27 bits per heavy atom. The molecule has 0 bridgehead atoms. The van der Waals surface area contributed by atoms with Crippen LogP contribution in [-0.2, 0) is 9.53 Å². The van der Waals surface area contributed by atoms with E-state index in [0.717, 1.165) is 26.3 Å². The van der Waals surface area contributed by atoms with Crippen molar-refractivity contribution in [2.24, 2.45) is 0 Å². The Bertz CT molecular complexity index is 493. The van der Waals surface area contributed by atoms with Gasteiger partial charge in [0.15, 0.2) is 5.76 Å². The molecule has 122 valence electrons. The second-order valence-corrected chi connectivity index (χ2v) is 5.85. The predicted molar refractivity (Wildman–Crippen MR) is 80.5 cm³/mol. The van der Waals surface area contributed by atoms with Crippen molar-refractivity contribution in [1.82, 2.24) is 15.5 Å². The largest absolute Gasteiger partial charge is 0.459 e. The number of nitrogens with one attached hydrogen (secondary N) is 2. The van der Waals surface area contributed by atoms with Crippen LogP contribution in [0, 0.1) is 0 Å². The van der Waals surface area contributed by atoms with Crippen molar-refractivity contribution in [2.45, 2.75) is 19.4 Å². The highest BCUT2D eigenvalue weighted by atomic mass is 16.5. The first-order valence-electron chi connectivity index (χ1n) is 7.40. The predicted octanol–water partition coefficient (Wildman–Crippen LogP) is 0.236. The molecule has 0 spiro atoms. The number of carbonyl (C=O) groups excluding carboxylic acids is 2. The molecule has 2 N–H and O–H groups in total. The number of hydrogen-bond donors (Lipinski definition) is 2. The van der Waals surface area contributed by atoms with Crippen LogP contribution in [0.3, 0.4) is 0 Å².